The number of nitrogens with one attached hydrogen (secondary N) is 1. The predicted molar refractivity (Wildman–Crippen MR) is 128 cm³/mol. The van der Waals surface area contributed by atoms with Crippen LogP contribution < -0.4 is 4.74 Å². The summed E-state index contributed by atoms with van der Waals surface area (Å²) in [6, 6.07) is 13.9. The molecule has 34 heavy (non-hydrogen) atoms. The van der Waals surface area contributed by atoms with E-state index in [4.69, 9.17) is 4.74 Å². The lowest BCUT2D eigenvalue weighted by molar-refractivity contribution is -0.134. The lowest BCUT2D eigenvalue weighted by Crippen LogP contribution is -2.55. The number of hydrogen-bond donors (Lipinski definition) is 2. The van der Waals surface area contributed by atoms with Crippen LogP contribution in [0.25, 0.3) is 10.9 Å². The van der Waals surface area contributed by atoms with Crippen LogP contribution in [0.2, 0.25) is 0 Å². The number of piperidine rings is 1. The smallest absolute Gasteiger partial charge is 0.243 e. The predicted octanol–water partition coefficient (Wildman–Crippen LogP) is 2.79. The van der Waals surface area contributed by atoms with Crippen molar-refractivity contribution in [2.75, 3.05) is 33.4 Å². The molecule has 2 aromatic carbocycles. The highest BCUT2D eigenvalue weighted by Gasteiger charge is 2.49. The van der Waals surface area contributed by atoms with E-state index in [1.165, 1.54) is 6.92 Å². The van der Waals surface area contributed by atoms with Gasteiger partial charge in [0, 0.05) is 54.6 Å². The van der Waals surface area contributed by atoms with Crippen molar-refractivity contribution >= 4 is 26.8 Å². The quantitative estimate of drug-likeness (QED) is 0.594. The average Bonchev–Trinajstić information content (AvgIpc) is 3.24. The Morgan fingerprint density at radius 2 is 1.88 bits per heavy atom. The first-order valence-electron chi connectivity index (χ1n) is 11.4. The zero-order valence-electron chi connectivity index (χ0n) is 19.3. The van der Waals surface area contributed by atoms with E-state index < -0.39 is 21.5 Å². The third-order valence-electron chi connectivity index (χ3n) is 7.39. The summed E-state index contributed by atoms with van der Waals surface area (Å²) in [7, 11) is -1.98. The molecule has 2 N–H and O–H groups in total. The summed E-state index contributed by atoms with van der Waals surface area (Å²) < 4.78 is 33.4. The second-order valence-electron chi connectivity index (χ2n) is 9.17. The van der Waals surface area contributed by atoms with E-state index in [1.807, 2.05) is 18.2 Å². The van der Waals surface area contributed by atoms with Crippen molar-refractivity contribution in [3.63, 3.8) is 0 Å². The van der Waals surface area contributed by atoms with E-state index >= 15 is 0 Å². The van der Waals surface area contributed by atoms with Crippen molar-refractivity contribution in [1.29, 1.82) is 0 Å². The first-order valence-corrected chi connectivity index (χ1v) is 12.9. The Morgan fingerprint density at radius 3 is 2.50 bits per heavy atom. The van der Waals surface area contributed by atoms with Crippen LogP contribution >= 0.6 is 0 Å². The third-order valence-corrected chi connectivity index (χ3v) is 9.30. The minimum Gasteiger partial charge on any atom is -0.497 e. The van der Waals surface area contributed by atoms with Gasteiger partial charge in [-0.2, -0.15) is 4.31 Å². The molecule has 1 atom stereocenters. The Balaban J connectivity index is 1.57. The number of carbonyl (C=O) groups is 1. The molecule has 0 bridgehead atoms. The van der Waals surface area contributed by atoms with Crippen molar-refractivity contribution in [3.8, 4) is 5.75 Å². The minimum absolute atomic E-state index is 0.111. The van der Waals surface area contributed by atoms with Gasteiger partial charge in [0.25, 0.3) is 0 Å². The minimum atomic E-state index is -3.59. The Hall–Kier alpha value is -2.88. The van der Waals surface area contributed by atoms with E-state index in [-0.39, 0.29) is 12.5 Å². The number of amides is 1. The molecule has 8 nitrogen and oxygen atoms in total. The van der Waals surface area contributed by atoms with Crippen molar-refractivity contribution < 1.29 is 23.1 Å². The van der Waals surface area contributed by atoms with E-state index in [0.29, 0.717) is 43.1 Å². The lowest BCUT2D eigenvalue weighted by atomic mass is 9.68. The number of carbonyl (C=O) groups excluding carboxylic acids is 1. The number of aromatic amines is 1. The number of sulfonamides is 1. The summed E-state index contributed by atoms with van der Waals surface area (Å²) in [4.78, 5) is 18.1. The Bertz CT molecular complexity index is 1330. The number of rotatable bonds is 4. The molecule has 180 valence electrons. The van der Waals surface area contributed by atoms with Crippen LogP contribution in [0.3, 0.4) is 0 Å². The van der Waals surface area contributed by atoms with Gasteiger partial charge in [0.1, 0.15) is 5.75 Å². The van der Waals surface area contributed by atoms with E-state index in [9.17, 15) is 18.3 Å². The fraction of sp³-hybridized carbons (Fsp3) is 0.400. The second kappa shape index (κ2) is 8.41. The molecule has 3 aromatic rings. The van der Waals surface area contributed by atoms with Gasteiger partial charge in [-0.1, -0.05) is 18.2 Å². The molecule has 0 radical (unpaired) electrons. The highest BCUT2D eigenvalue weighted by atomic mass is 32.2. The molecule has 1 spiro atoms. The number of aliphatic hydroxyl groups is 1. The zero-order valence-corrected chi connectivity index (χ0v) is 20.1. The number of aromatic nitrogens is 1. The maximum Gasteiger partial charge on any atom is 0.243 e. The van der Waals surface area contributed by atoms with Gasteiger partial charge in [0.15, 0.2) is 0 Å². The first kappa shape index (κ1) is 22.9. The molecule has 2 aliphatic rings. The molecule has 0 unspecified atom stereocenters. The lowest BCUT2D eigenvalue weighted by Gasteiger charge is -2.49. The molecule has 2 aliphatic heterocycles. The van der Waals surface area contributed by atoms with Gasteiger partial charge in [-0.3, -0.25) is 4.79 Å². The summed E-state index contributed by atoms with van der Waals surface area (Å²) in [6.45, 7) is 2.48. The van der Waals surface area contributed by atoms with Crippen LogP contribution in [0, 0.1) is 0 Å². The van der Waals surface area contributed by atoms with Gasteiger partial charge in [0.05, 0.1) is 24.7 Å². The highest BCUT2D eigenvalue weighted by molar-refractivity contribution is 7.89. The average molecular weight is 484 g/mol. The third kappa shape index (κ3) is 3.50. The molecule has 5 rings (SSSR count). The van der Waals surface area contributed by atoms with Crippen molar-refractivity contribution in [2.24, 2.45) is 0 Å². The molecule has 0 aliphatic carbocycles. The Labute approximate surface area is 199 Å². The van der Waals surface area contributed by atoms with Crippen LogP contribution in [-0.2, 0) is 20.2 Å². The largest absolute Gasteiger partial charge is 0.497 e. The Kier molecular flexibility index (Phi) is 5.66. The summed E-state index contributed by atoms with van der Waals surface area (Å²) in [6.07, 6.45) is 1.15. The topological polar surface area (TPSA) is 103 Å². The number of fused-ring (bicyclic) bond motifs is 4. The van der Waals surface area contributed by atoms with Gasteiger partial charge < -0.3 is 19.7 Å². The van der Waals surface area contributed by atoms with Crippen LogP contribution in [0.15, 0.2) is 53.4 Å². The highest BCUT2D eigenvalue weighted by Crippen LogP contribution is 2.49. The maximum atomic E-state index is 13.2. The van der Waals surface area contributed by atoms with Crippen LogP contribution in [0.4, 0.5) is 0 Å². The van der Waals surface area contributed by atoms with Crippen molar-refractivity contribution in [3.05, 3.63) is 59.8 Å². The molecule has 1 aromatic heterocycles. The molecule has 3 heterocycles. The monoisotopic (exact) mass is 483 g/mol. The molecule has 1 amide bonds. The summed E-state index contributed by atoms with van der Waals surface area (Å²) in [5, 5.41) is 11.2. The standard InChI is InChI=1S/C25H29N3O5S/c1-17(30)28-16-25(10-12-27(13-11-25)34(31,32)19-6-4-3-5-7-19)23-20-9-8-18(33-2)14-21(20)26-24(23)22(28)15-29/h3-9,14,22,26,29H,10-13,15-16H2,1-2H3/t22-/m0/s1. The molecule has 1 fully saturated rings. The number of hydrogen-bond acceptors (Lipinski definition) is 5. The number of H-pyrrole nitrogens is 1. The first-order chi connectivity index (χ1) is 16.3. The molecule has 1 saturated heterocycles. The van der Waals surface area contributed by atoms with Gasteiger partial charge in [-0.25, -0.2) is 8.42 Å². The van der Waals surface area contributed by atoms with E-state index in [1.54, 1.807) is 46.6 Å². The van der Waals surface area contributed by atoms with Gasteiger partial charge in [-0.15, -0.1) is 0 Å². The van der Waals surface area contributed by atoms with E-state index in [2.05, 4.69) is 4.98 Å². The van der Waals surface area contributed by atoms with E-state index in [0.717, 1.165) is 22.2 Å². The summed E-state index contributed by atoms with van der Waals surface area (Å²) in [5.41, 5.74) is 2.37. The number of nitrogens with zero attached hydrogens (tertiary/aromatic N) is 2. The fourth-order valence-electron chi connectivity index (χ4n) is 5.64. The normalized spacial score (nSPS) is 20.4. The van der Waals surface area contributed by atoms with Gasteiger partial charge in [0.2, 0.25) is 15.9 Å². The maximum absolute atomic E-state index is 13.2. The zero-order chi connectivity index (χ0) is 24.1. The van der Waals surface area contributed by atoms with Gasteiger partial charge in [-0.05, 0) is 42.7 Å². The van der Waals surface area contributed by atoms with Crippen LogP contribution in [0.1, 0.15) is 37.1 Å². The fourth-order valence-corrected chi connectivity index (χ4v) is 7.10. The number of aliphatic hydroxyl groups excluding tert-OH is 1. The van der Waals surface area contributed by atoms with Crippen LogP contribution in [0.5, 0.6) is 5.75 Å². The summed E-state index contributed by atoms with van der Waals surface area (Å²) >= 11 is 0. The molecular formula is C25H29N3O5S. The number of methoxy groups -OCH3 is 1. The van der Waals surface area contributed by atoms with Gasteiger partial charge >= 0.3 is 0 Å². The summed E-state index contributed by atoms with van der Waals surface area (Å²) in [5.74, 6) is 0.604. The molecule has 9 heteroatoms. The number of ether oxygens (including phenoxy) is 1. The van der Waals surface area contributed by atoms with Crippen molar-refractivity contribution in [2.45, 2.75) is 36.1 Å². The number of benzene rings is 2. The molecular weight excluding hydrogens is 454 g/mol. The van der Waals surface area contributed by atoms with Crippen molar-refractivity contribution in [1.82, 2.24) is 14.2 Å². The second-order valence-corrected chi connectivity index (χ2v) is 11.1. The SMILES string of the molecule is COc1ccc2c3c([nH]c2c1)[C@H](CO)N(C(C)=O)CC31CCN(S(=O)(=O)c2ccccc2)CC1. The van der Waals surface area contributed by atoms with Crippen LogP contribution in [-0.4, -0.2) is 67.0 Å². The Morgan fingerprint density at radius 1 is 1.18 bits per heavy atom. The molecule has 0 saturated carbocycles.